The van der Waals surface area contributed by atoms with Crippen molar-refractivity contribution in [1.82, 2.24) is 9.55 Å². The molecule has 0 radical (unpaired) electrons. The number of fused-ring (bicyclic) bond motifs is 6. The molecule has 3 heterocycles. The van der Waals surface area contributed by atoms with Gasteiger partial charge in [0.15, 0.2) is 0 Å². The van der Waals surface area contributed by atoms with E-state index in [9.17, 15) is 10.5 Å². The molecule has 0 N–H and O–H groups in total. The van der Waals surface area contributed by atoms with Crippen LogP contribution < -0.4 is 0 Å². The summed E-state index contributed by atoms with van der Waals surface area (Å²) in [6.07, 6.45) is 0. The lowest BCUT2D eigenvalue weighted by Gasteiger charge is -2.14. The molecular formula is C43H24N4O. The van der Waals surface area contributed by atoms with E-state index in [1.807, 2.05) is 97.1 Å². The maximum atomic E-state index is 9.69. The van der Waals surface area contributed by atoms with Crippen molar-refractivity contribution in [2.75, 3.05) is 0 Å². The van der Waals surface area contributed by atoms with Crippen molar-refractivity contribution in [1.29, 1.82) is 10.5 Å². The van der Waals surface area contributed by atoms with Gasteiger partial charge >= 0.3 is 0 Å². The van der Waals surface area contributed by atoms with Gasteiger partial charge < -0.3 is 8.98 Å². The Morgan fingerprint density at radius 3 is 1.96 bits per heavy atom. The average Bonchev–Trinajstić information content (AvgIpc) is 3.69. The first-order valence-electron chi connectivity index (χ1n) is 15.7. The number of hydrogen-bond acceptors (Lipinski definition) is 4. The highest BCUT2D eigenvalue weighted by Gasteiger charge is 2.17. The van der Waals surface area contributed by atoms with E-state index in [0.717, 1.165) is 83.1 Å². The van der Waals surface area contributed by atoms with E-state index >= 15 is 0 Å². The molecule has 0 saturated carbocycles. The topological polar surface area (TPSA) is 78.5 Å². The van der Waals surface area contributed by atoms with Crippen molar-refractivity contribution in [3.63, 3.8) is 0 Å². The second-order valence-corrected chi connectivity index (χ2v) is 11.9. The van der Waals surface area contributed by atoms with E-state index in [-0.39, 0.29) is 0 Å². The molecule has 0 spiro atoms. The standard InChI is InChI=1S/C43H24N4O/c44-25-27-12-15-29(16-13-27)38-8-5-9-39(46-38)32-21-31(30-17-19-43-37(24-30)35-7-2-4-11-42(35)48-43)22-33(23-32)47-40-10-3-1-6-34(40)36-20-28(26-45)14-18-41(36)47/h1-24H. The van der Waals surface area contributed by atoms with Gasteiger partial charge in [0.25, 0.3) is 0 Å². The summed E-state index contributed by atoms with van der Waals surface area (Å²) in [5.41, 5.74) is 11.7. The van der Waals surface area contributed by atoms with Gasteiger partial charge in [-0.3, -0.25) is 0 Å². The molecule has 222 valence electrons. The molecular weight excluding hydrogens is 589 g/mol. The summed E-state index contributed by atoms with van der Waals surface area (Å²) >= 11 is 0. The smallest absolute Gasteiger partial charge is 0.135 e. The van der Waals surface area contributed by atoms with Crippen molar-refractivity contribution >= 4 is 43.7 Å². The predicted molar refractivity (Wildman–Crippen MR) is 192 cm³/mol. The zero-order valence-electron chi connectivity index (χ0n) is 25.6. The highest BCUT2D eigenvalue weighted by atomic mass is 16.3. The second kappa shape index (κ2) is 10.8. The Morgan fingerprint density at radius 1 is 0.458 bits per heavy atom. The normalized spacial score (nSPS) is 11.3. The number of pyridine rings is 1. The summed E-state index contributed by atoms with van der Waals surface area (Å²) in [6, 6.07) is 53.4. The van der Waals surface area contributed by atoms with Crippen molar-refractivity contribution in [2.45, 2.75) is 0 Å². The van der Waals surface area contributed by atoms with E-state index in [1.54, 1.807) is 0 Å². The van der Waals surface area contributed by atoms with E-state index in [2.05, 4.69) is 65.2 Å². The van der Waals surface area contributed by atoms with Crippen molar-refractivity contribution < 1.29 is 4.42 Å². The Hall–Kier alpha value is -6.95. The van der Waals surface area contributed by atoms with E-state index in [0.29, 0.717) is 11.1 Å². The Labute approximate surface area is 275 Å². The van der Waals surface area contributed by atoms with E-state index < -0.39 is 0 Å². The van der Waals surface area contributed by atoms with Gasteiger partial charge in [0.2, 0.25) is 0 Å². The lowest BCUT2D eigenvalue weighted by molar-refractivity contribution is 0.669. The lowest BCUT2D eigenvalue weighted by Crippen LogP contribution is -1.97. The van der Waals surface area contributed by atoms with Gasteiger partial charge in [-0.1, -0.05) is 60.7 Å². The minimum atomic E-state index is 0.614. The number of nitrogens with zero attached hydrogens (tertiary/aromatic N) is 4. The molecule has 5 heteroatoms. The monoisotopic (exact) mass is 612 g/mol. The molecule has 0 fully saturated rings. The first-order chi connectivity index (χ1) is 23.7. The molecule has 0 aliphatic carbocycles. The van der Waals surface area contributed by atoms with Crippen LogP contribution in [0.2, 0.25) is 0 Å². The molecule has 6 aromatic carbocycles. The number of furan rings is 1. The van der Waals surface area contributed by atoms with Gasteiger partial charge in [0.05, 0.1) is 45.7 Å². The van der Waals surface area contributed by atoms with Crippen LogP contribution >= 0.6 is 0 Å². The first-order valence-corrected chi connectivity index (χ1v) is 15.7. The third-order valence-corrected chi connectivity index (χ3v) is 9.04. The molecule has 9 rings (SSSR count). The lowest BCUT2D eigenvalue weighted by atomic mass is 9.98. The van der Waals surface area contributed by atoms with Gasteiger partial charge in [-0.2, -0.15) is 10.5 Å². The molecule has 5 nitrogen and oxygen atoms in total. The number of benzene rings is 6. The van der Waals surface area contributed by atoms with Gasteiger partial charge in [-0.05, 0) is 96.1 Å². The summed E-state index contributed by atoms with van der Waals surface area (Å²) in [5, 5.41) is 23.2. The zero-order chi connectivity index (χ0) is 32.2. The van der Waals surface area contributed by atoms with Crippen LogP contribution in [-0.2, 0) is 0 Å². The maximum absolute atomic E-state index is 9.69. The van der Waals surface area contributed by atoms with Crippen LogP contribution in [0.1, 0.15) is 11.1 Å². The van der Waals surface area contributed by atoms with Gasteiger partial charge in [-0.15, -0.1) is 0 Å². The fourth-order valence-electron chi connectivity index (χ4n) is 6.75. The number of para-hydroxylation sites is 2. The van der Waals surface area contributed by atoms with Gasteiger partial charge in [0.1, 0.15) is 11.2 Å². The largest absolute Gasteiger partial charge is 0.456 e. The maximum Gasteiger partial charge on any atom is 0.135 e. The highest BCUT2D eigenvalue weighted by Crippen LogP contribution is 2.38. The van der Waals surface area contributed by atoms with E-state index in [1.165, 1.54) is 0 Å². The second-order valence-electron chi connectivity index (χ2n) is 11.9. The Morgan fingerprint density at radius 2 is 1.12 bits per heavy atom. The molecule has 0 atom stereocenters. The highest BCUT2D eigenvalue weighted by molar-refractivity contribution is 6.10. The van der Waals surface area contributed by atoms with Crippen LogP contribution in [0.5, 0.6) is 0 Å². The number of hydrogen-bond donors (Lipinski definition) is 0. The Kier molecular flexibility index (Phi) is 6.18. The minimum absolute atomic E-state index is 0.614. The molecule has 0 aliphatic rings. The zero-order valence-corrected chi connectivity index (χ0v) is 25.6. The third-order valence-electron chi connectivity index (χ3n) is 9.04. The molecule has 0 saturated heterocycles. The number of aromatic nitrogens is 2. The summed E-state index contributed by atoms with van der Waals surface area (Å²) in [4.78, 5) is 5.11. The molecule has 0 unspecified atom stereocenters. The number of rotatable bonds is 4. The first kappa shape index (κ1) is 27.4. The predicted octanol–water partition coefficient (Wildman–Crippen LogP) is 10.8. The van der Waals surface area contributed by atoms with E-state index in [4.69, 9.17) is 9.40 Å². The van der Waals surface area contributed by atoms with Crippen LogP contribution in [0.4, 0.5) is 0 Å². The fraction of sp³-hybridized carbons (Fsp3) is 0. The van der Waals surface area contributed by atoms with Crippen molar-refractivity contribution in [3.05, 3.63) is 157 Å². The molecule has 0 aliphatic heterocycles. The van der Waals surface area contributed by atoms with Crippen LogP contribution in [0, 0.1) is 22.7 Å². The minimum Gasteiger partial charge on any atom is -0.456 e. The fourth-order valence-corrected chi connectivity index (χ4v) is 6.75. The molecule has 48 heavy (non-hydrogen) atoms. The summed E-state index contributed by atoms with van der Waals surface area (Å²) in [6.45, 7) is 0. The SMILES string of the molecule is N#Cc1ccc(-c2cccc(-c3cc(-c4ccc5oc6ccccc6c5c4)cc(-n4c5ccccc5c5cc(C#N)ccc54)c3)n2)cc1. The van der Waals surface area contributed by atoms with Crippen LogP contribution in [0.25, 0.3) is 83.1 Å². The third kappa shape index (κ3) is 4.42. The summed E-state index contributed by atoms with van der Waals surface area (Å²) in [5.74, 6) is 0. The molecule has 0 bridgehead atoms. The van der Waals surface area contributed by atoms with Gasteiger partial charge in [-0.25, -0.2) is 4.98 Å². The molecule has 3 aromatic heterocycles. The van der Waals surface area contributed by atoms with Crippen molar-refractivity contribution in [3.8, 4) is 51.5 Å². The van der Waals surface area contributed by atoms with Crippen molar-refractivity contribution in [2.24, 2.45) is 0 Å². The van der Waals surface area contributed by atoms with Crippen LogP contribution in [-0.4, -0.2) is 9.55 Å². The molecule has 0 amide bonds. The Bertz CT molecular complexity index is 2810. The molecule has 9 aromatic rings. The van der Waals surface area contributed by atoms with Crippen LogP contribution in [0.3, 0.4) is 0 Å². The van der Waals surface area contributed by atoms with Crippen LogP contribution in [0.15, 0.2) is 150 Å². The summed E-state index contributed by atoms with van der Waals surface area (Å²) < 4.78 is 8.42. The Balaban J connectivity index is 1.30. The van der Waals surface area contributed by atoms with Gasteiger partial charge in [0, 0.05) is 38.4 Å². The summed E-state index contributed by atoms with van der Waals surface area (Å²) in [7, 11) is 0. The average molecular weight is 613 g/mol. The quantitative estimate of drug-likeness (QED) is 0.198. The number of nitriles is 2.